The van der Waals surface area contributed by atoms with Crippen LogP contribution in [0.2, 0.25) is 24.7 Å². The first-order valence-electron chi connectivity index (χ1n) is 7.09. The summed E-state index contributed by atoms with van der Waals surface area (Å²) in [5.41, 5.74) is 1.09. The molecule has 0 spiro atoms. The van der Waals surface area contributed by atoms with Gasteiger partial charge in [-0.15, -0.1) is 0 Å². The third kappa shape index (κ3) is 7.58. The van der Waals surface area contributed by atoms with Crippen molar-refractivity contribution in [2.45, 2.75) is 77.6 Å². The predicted octanol–water partition coefficient (Wildman–Crippen LogP) is 4.62. The van der Waals surface area contributed by atoms with Crippen LogP contribution in [-0.2, 0) is 9.53 Å². The van der Waals surface area contributed by atoms with Crippen molar-refractivity contribution in [1.29, 1.82) is 0 Å². The van der Waals surface area contributed by atoms with Crippen LogP contribution in [0.3, 0.4) is 0 Å². The summed E-state index contributed by atoms with van der Waals surface area (Å²) in [6.07, 6.45) is 5.92. The topological polar surface area (TPSA) is 26.3 Å². The van der Waals surface area contributed by atoms with E-state index in [1.165, 1.54) is 19.3 Å². The molecule has 1 rings (SSSR count). The quantitative estimate of drug-likeness (QED) is 0.545. The van der Waals surface area contributed by atoms with E-state index < -0.39 is 8.07 Å². The van der Waals surface area contributed by atoms with Gasteiger partial charge in [-0.1, -0.05) is 59.2 Å². The number of carbonyl (C=O) groups is 1. The molecule has 1 atom stereocenters. The van der Waals surface area contributed by atoms with E-state index >= 15 is 0 Å². The van der Waals surface area contributed by atoms with Crippen LogP contribution in [0.5, 0.6) is 0 Å². The predicted molar refractivity (Wildman–Crippen MR) is 77.1 cm³/mol. The lowest BCUT2D eigenvalue weighted by atomic mass is 10.2. The number of ether oxygens (including phenoxy) is 1. The second-order valence-corrected chi connectivity index (χ2v) is 11.2. The first-order chi connectivity index (χ1) is 7.94. The van der Waals surface area contributed by atoms with E-state index in [0.29, 0.717) is 13.0 Å². The molecule has 0 bridgehead atoms. The zero-order chi connectivity index (χ0) is 13.3. The summed E-state index contributed by atoms with van der Waals surface area (Å²) in [6.45, 7) is 11.9. The van der Waals surface area contributed by atoms with E-state index in [1.54, 1.807) is 13.0 Å². The maximum Gasteiger partial charge on any atom is 0.305 e. The molecule has 1 aliphatic heterocycles. The number of hydrogen-bond donors (Lipinski definition) is 0. The van der Waals surface area contributed by atoms with Gasteiger partial charge in [-0.25, -0.2) is 0 Å². The van der Waals surface area contributed by atoms with E-state index in [1.807, 2.05) is 6.92 Å². The Bertz CT molecular complexity index is 214. The van der Waals surface area contributed by atoms with Crippen LogP contribution in [0.25, 0.3) is 0 Å². The van der Waals surface area contributed by atoms with E-state index in [4.69, 9.17) is 4.74 Å². The van der Waals surface area contributed by atoms with Gasteiger partial charge in [0.1, 0.15) is 0 Å². The second kappa shape index (κ2) is 8.73. The molecule has 0 amide bonds. The van der Waals surface area contributed by atoms with Gasteiger partial charge < -0.3 is 4.74 Å². The zero-order valence-corrected chi connectivity index (χ0v) is 13.3. The largest absolute Gasteiger partial charge is 0.466 e. The van der Waals surface area contributed by atoms with Gasteiger partial charge in [0.25, 0.3) is 0 Å². The third-order valence-corrected chi connectivity index (χ3v) is 8.40. The van der Waals surface area contributed by atoms with Gasteiger partial charge in [0.15, 0.2) is 0 Å². The molecule has 3 heteroatoms. The standard InChI is InChI=1S/C8H18Si.C6H12O2/c1-8-6-4-5-7-9(8,2)3;1-3-5-8-6(7)4-2/h8H,4-7H2,1-3H3;3-5H2,1-2H3. The van der Waals surface area contributed by atoms with Crippen LogP contribution in [0.15, 0.2) is 0 Å². The maximum atomic E-state index is 10.3. The third-order valence-electron chi connectivity index (χ3n) is 3.80. The van der Waals surface area contributed by atoms with E-state index in [0.717, 1.165) is 12.0 Å². The van der Waals surface area contributed by atoms with Crippen molar-refractivity contribution in [2.24, 2.45) is 0 Å². The lowest BCUT2D eigenvalue weighted by Gasteiger charge is -2.34. The number of esters is 1. The molecule has 0 aromatic heterocycles. The van der Waals surface area contributed by atoms with Crippen LogP contribution >= 0.6 is 0 Å². The lowest BCUT2D eigenvalue weighted by molar-refractivity contribution is -0.143. The summed E-state index contributed by atoms with van der Waals surface area (Å²) in [7, 11) is -0.694. The number of hydrogen-bond acceptors (Lipinski definition) is 2. The van der Waals surface area contributed by atoms with Gasteiger partial charge in [0, 0.05) is 6.42 Å². The summed E-state index contributed by atoms with van der Waals surface area (Å²) in [5.74, 6) is -0.105. The Morgan fingerprint density at radius 2 is 1.94 bits per heavy atom. The second-order valence-electron chi connectivity index (χ2n) is 5.71. The van der Waals surface area contributed by atoms with E-state index in [9.17, 15) is 4.79 Å². The molecular formula is C14H30O2Si. The number of carbonyl (C=O) groups excluding carboxylic acids is 1. The Morgan fingerprint density at radius 3 is 2.29 bits per heavy atom. The maximum absolute atomic E-state index is 10.3. The lowest BCUT2D eigenvalue weighted by Crippen LogP contribution is -2.33. The summed E-state index contributed by atoms with van der Waals surface area (Å²) >= 11 is 0. The molecule has 1 heterocycles. The normalized spacial score (nSPS) is 22.3. The van der Waals surface area contributed by atoms with Crippen LogP contribution in [0.1, 0.15) is 52.9 Å². The smallest absolute Gasteiger partial charge is 0.305 e. The van der Waals surface area contributed by atoms with Crippen molar-refractivity contribution in [3.63, 3.8) is 0 Å². The molecule has 1 unspecified atom stereocenters. The van der Waals surface area contributed by atoms with Gasteiger partial charge in [-0.2, -0.15) is 0 Å². The molecule has 0 aliphatic carbocycles. The van der Waals surface area contributed by atoms with Gasteiger partial charge in [0.2, 0.25) is 0 Å². The Kier molecular flexibility index (Phi) is 8.57. The minimum atomic E-state index is -0.694. The van der Waals surface area contributed by atoms with E-state index in [2.05, 4.69) is 20.0 Å². The van der Waals surface area contributed by atoms with Gasteiger partial charge in [0.05, 0.1) is 14.7 Å². The highest BCUT2D eigenvalue weighted by atomic mass is 28.3. The molecule has 1 fully saturated rings. The highest BCUT2D eigenvalue weighted by molar-refractivity contribution is 6.78. The molecule has 1 saturated heterocycles. The highest BCUT2D eigenvalue weighted by Gasteiger charge is 2.30. The molecule has 0 aromatic carbocycles. The first kappa shape index (κ1) is 16.7. The Morgan fingerprint density at radius 1 is 1.29 bits per heavy atom. The summed E-state index contributed by atoms with van der Waals surface area (Å²) in [5, 5.41) is 0. The fraction of sp³-hybridized carbons (Fsp3) is 0.929. The van der Waals surface area contributed by atoms with Gasteiger partial charge >= 0.3 is 5.97 Å². The summed E-state index contributed by atoms with van der Waals surface area (Å²) < 4.78 is 4.70. The molecule has 17 heavy (non-hydrogen) atoms. The van der Waals surface area contributed by atoms with Crippen molar-refractivity contribution in [2.75, 3.05) is 6.61 Å². The number of rotatable bonds is 3. The molecule has 0 saturated carbocycles. The van der Waals surface area contributed by atoms with Gasteiger partial charge in [-0.3, -0.25) is 4.79 Å². The summed E-state index contributed by atoms with van der Waals surface area (Å²) in [4.78, 5) is 10.3. The molecular weight excluding hydrogens is 228 g/mol. The van der Waals surface area contributed by atoms with Crippen LogP contribution in [-0.4, -0.2) is 20.7 Å². The SMILES string of the molecule is CC1CCCC[Si]1(C)C.CCCOC(=O)CC. The molecule has 102 valence electrons. The summed E-state index contributed by atoms with van der Waals surface area (Å²) in [6, 6.07) is 1.58. The van der Waals surface area contributed by atoms with E-state index in [-0.39, 0.29) is 5.97 Å². The average molecular weight is 258 g/mol. The van der Waals surface area contributed by atoms with Gasteiger partial charge in [-0.05, 0) is 12.0 Å². The monoisotopic (exact) mass is 258 g/mol. The fourth-order valence-electron chi connectivity index (χ4n) is 1.99. The zero-order valence-electron chi connectivity index (χ0n) is 12.3. The van der Waals surface area contributed by atoms with Crippen molar-refractivity contribution in [1.82, 2.24) is 0 Å². The average Bonchev–Trinajstić information content (AvgIpc) is 2.30. The van der Waals surface area contributed by atoms with Crippen molar-refractivity contribution >= 4 is 14.0 Å². The Hall–Kier alpha value is -0.313. The minimum Gasteiger partial charge on any atom is -0.466 e. The minimum absolute atomic E-state index is 0.105. The van der Waals surface area contributed by atoms with Crippen molar-refractivity contribution in [3.05, 3.63) is 0 Å². The van der Waals surface area contributed by atoms with Crippen LogP contribution < -0.4 is 0 Å². The first-order valence-corrected chi connectivity index (χ1v) is 10.4. The Labute approximate surface area is 108 Å². The van der Waals surface area contributed by atoms with Crippen molar-refractivity contribution in [3.8, 4) is 0 Å². The molecule has 2 nitrogen and oxygen atoms in total. The fourth-order valence-corrected chi connectivity index (χ4v) is 4.63. The Balaban J connectivity index is 0.000000304. The van der Waals surface area contributed by atoms with Crippen LogP contribution in [0.4, 0.5) is 0 Å². The van der Waals surface area contributed by atoms with Crippen LogP contribution in [0, 0.1) is 0 Å². The molecule has 0 N–H and O–H groups in total. The highest BCUT2D eigenvalue weighted by Crippen LogP contribution is 2.36. The molecule has 0 radical (unpaired) electrons. The van der Waals surface area contributed by atoms with Crippen molar-refractivity contribution < 1.29 is 9.53 Å². The molecule has 0 aromatic rings. The molecule has 1 aliphatic rings.